The predicted molar refractivity (Wildman–Crippen MR) is 80.8 cm³/mol. The molecule has 1 fully saturated rings. The van der Waals surface area contributed by atoms with E-state index < -0.39 is 24.6 Å². The molecule has 0 saturated carbocycles. The van der Waals surface area contributed by atoms with Crippen LogP contribution in [-0.2, 0) is 0 Å². The van der Waals surface area contributed by atoms with Gasteiger partial charge in [0, 0.05) is 26.2 Å². The van der Waals surface area contributed by atoms with Gasteiger partial charge in [-0.3, -0.25) is 4.90 Å². The zero-order valence-corrected chi connectivity index (χ0v) is 13.5. The molecule has 0 aliphatic carbocycles. The van der Waals surface area contributed by atoms with Crippen molar-refractivity contribution in [2.45, 2.75) is 18.8 Å². The highest BCUT2D eigenvalue weighted by molar-refractivity contribution is 5.85. The standard InChI is InChI=1S/C13H15F5N2O.2ClH/c14-12(15)11(20-7-5-19-6-8-20)9-1-3-10(4-2-9)21-13(16,17)18;;/h1-4,11-12,19H,5-8H2;2*1H/t11-;;/m0../s1. The van der Waals surface area contributed by atoms with Crippen LogP contribution in [0.1, 0.15) is 11.6 Å². The quantitative estimate of drug-likeness (QED) is 0.804. The molecule has 23 heavy (non-hydrogen) atoms. The van der Waals surface area contributed by atoms with E-state index in [1.54, 1.807) is 4.90 Å². The Balaban J connectivity index is 0.00000242. The highest BCUT2D eigenvalue weighted by Gasteiger charge is 2.32. The predicted octanol–water partition coefficient (Wildman–Crippen LogP) is 3.64. The third-order valence-electron chi connectivity index (χ3n) is 3.24. The van der Waals surface area contributed by atoms with Crippen LogP contribution < -0.4 is 10.1 Å². The second kappa shape index (κ2) is 9.46. The second-order valence-corrected chi connectivity index (χ2v) is 4.68. The van der Waals surface area contributed by atoms with Crippen molar-refractivity contribution in [1.82, 2.24) is 10.2 Å². The Morgan fingerprint density at radius 2 is 1.52 bits per heavy atom. The highest BCUT2D eigenvalue weighted by Crippen LogP contribution is 2.30. The van der Waals surface area contributed by atoms with E-state index in [0.717, 1.165) is 12.1 Å². The van der Waals surface area contributed by atoms with Gasteiger partial charge < -0.3 is 10.1 Å². The van der Waals surface area contributed by atoms with Crippen LogP contribution in [0.2, 0.25) is 0 Å². The molecule has 1 saturated heterocycles. The molecule has 10 heteroatoms. The summed E-state index contributed by atoms with van der Waals surface area (Å²) in [6.45, 7) is 2.16. The van der Waals surface area contributed by atoms with Crippen molar-refractivity contribution < 1.29 is 26.7 Å². The molecule has 0 spiro atoms. The Hall–Kier alpha value is -0.830. The van der Waals surface area contributed by atoms with Crippen molar-refractivity contribution in [3.05, 3.63) is 29.8 Å². The summed E-state index contributed by atoms with van der Waals surface area (Å²) in [5, 5.41) is 3.06. The summed E-state index contributed by atoms with van der Waals surface area (Å²) in [7, 11) is 0. The first-order chi connectivity index (χ1) is 9.87. The van der Waals surface area contributed by atoms with Gasteiger partial charge in [-0.25, -0.2) is 8.78 Å². The molecule has 1 atom stereocenters. The molecular formula is C13H17Cl2F5N2O. The zero-order valence-electron chi connectivity index (χ0n) is 11.9. The fraction of sp³-hybridized carbons (Fsp3) is 0.538. The van der Waals surface area contributed by atoms with Crippen molar-refractivity contribution in [1.29, 1.82) is 0 Å². The van der Waals surface area contributed by atoms with Gasteiger partial charge >= 0.3 is 6.36 Å². The highest BCUT2D eigenvalue weighted by atomic mass is 35.5. The zero-order chi connectivity index (χ0) is 15.5. The lowest BCUT2D eigenvalue weighted by atomic mass is 10.0. The number of ether oxygens (including phenoxy) is 1. The fourth-order valence-corrected chi connectivity index (χ4v) is 2.34. The Morgan fingerprint density at radius 1 is 1.00 bits per heavy atom. The maximum atomic E-state index is 13.3. The molecule has 0 bridgehead atoms. The molecular weight excluding hydrogens is 366 g/mol. The van der Waals surface area contributed by atoms with Crippen molar-refractivity contribution in [2.24, 2.45) is 0 Å². The van der Waals surface area contributed by atoms with Crippen molar-refractivity contribution in [2.75, 3.05) is 26.2 Å². The molecule has 2 rings (SSSR count). The third kappa shape index (κ3) is 6.66. The van der Waals surface area contributed by atoms with E-state index in [2.05, 4.69) is 10.1 Å². The molecule has 0 radical (unpaired) electrons. The largest absolute Gasteiger partial charge is 0.573 e. The molecule has 134 valence electrons. The Kier molecular flexibility index (Phi) is 9.12. The topological polar surface area (TPSA) is 24.5 Å². The first-order valence-electron chi connectivity index (χ1n) is 6.45. The number of nitrogens with zero attached hydrogens (tertiary/aromatic N) is 1. The van der Waals surface area contributed by atoms with E-state index in [4.69, 9.17) is 0 Å². The number of alkyl halides is 5. The van der Waals surface area contributed by atoms with Crippen LogP contribution in [0.4, 0.5) is 22.0 Å². The van der Waals surface area contributed by atoms with Crippen LogP contribution in [0.3, 0.4) is 0 Å². The summed E-state index contributed by atoms with van der Waals surface area (Å²) >= 11 is 0. The van der Waals surface area contributed by atoms with Gasteiger partial charge in [0.15, 0.2) is 0 Å². The van der Waals surface area contributed by atoms with Crippen molar-refractivity contribution in [3.8, 4) is 5.75 Å². The Bertz CT molecular complexity index is 453. The van der Waals surface area contributed by atoms with Gasteiger partial charge in [-0.2, -0.15) is 0 Å². The van der Waals surface area contributed by atoms with Crippen LogP contribution >= 0.6 is 24.8 Å². The number of benzene rings is 1. The lowest BCUT2D eigenvalue weighted by molar-refractivity contribution is -0.274. The molecule has 1 aliphatic rings. The molecule has 1 aliphatic heterocycles. The van der Waals surface area contributed by atoms with Crippen LogP contribution in [0.15, 0.2) is 24.3 Å². The smallest absolute Gasteiger partial charge is 0.406 e. The number of hydrogen-bond acceptors (Lipinski definition) is 3. The lowest BCUT2D eigenvalue weighted by Crippen LogP contribution is -2.46. The van der Waals surface area contributed by atoms with E-state index in [1.807, 2.05) is 0 Å². The van der Waals surface area contributed by atoms with E-state index >= 15 is 0 Å². The Labute approximate surface area is 143 Å². The van der Waals surface area contributed by atoms with Gasteiger partial charge in [0.25, 0.3) is 6.43 Å². The molecule has 0 unspecified atom stereocenters. The lowest BCUT2D eigenvalue weighted by Gasteiger charge is -2.34. The van der Waals surface area contributed by atoms with Gasteiger partial charge in [-0.15, -0.1) is 38.0 Å². The third-order valence-corrected chi connectivity index (χ3v) is 3.24. The second-order valence-electron chi connectivity index (χ2n) is 4.68. The molecule has 1 N–H and O–H groups in total. The first kappa shape index (κ1) is 22.2. The number of rotatable bonds is 4. The summed E-state index contributed by atoms with van der Waals surface area (Å²) in [5.41, 5.74) is 0.279. The number of hydrogen-bond donors (Lipinski definition) is 1. The molecule has 1 aromatic rings. The van der Waals surface area contributed by atoms with Crippen LogP contribution in [0.25, 0.3) is 0 Å². The summed E-state index contributed by atoms with van der Waals surface area (Å²) < 4.78 is 66.5. The van der Waals surface area contributed by atoms with Gasteiger partial charge in [0.1, 0.15) is 5.75 Å². The summed E-state index contributed by atoms with van der Waals surface area (Å²) in [6, 6.07) is 3.49. The number of piperazine rings is 1. The maximum Gasteiger partial charge on any atom is 0.573 e. The van der Waals surface area contributed by atoms with E-state index in [1.165, 1.54) is 12.1 Å². The molecule has 1 heterocycles. The summed E-state index contributed by atoms with van der Waals surface area (Å²) in [5.74, 6) is -0.417. The first-order valence-corrected chi connectivity index (χ1v) is 6.45. The average Bonchev–Trinajstić information content (AvgIpc) is 2.40. The van der Waals surface area contributed by atoms with Crippen molar-refractivity contribution in [3.63, 3.8) is 0 Å². The van der Waals surface area contributed by atoms with Gasteiger partial charge in [-0.05, 0) is 17.7 Å². The SMILES string of the molecule is Cl.Cl.FC(F)[C@H](c1ccc(OC(F)(F)F)cc1)N1CCNCC1. The molecule has 0 aromatic heterocycles. The average molecular weight is 383 g/mol. The number of nitrogens with one attached hydrogen (secondary N) is 1. The van der Waals surface area contributed by atoms with Crippen LogP contribution in [0, 0.1) is 0 Å². The minimum atomic E-state index is -4.79. The summed E-state index contributed by atoms with van der Waals surface area (Å²) in [6.07, 6.45) is -7.40. The minimum absolute atomic E-state index is 0. The number of halogens is 7. The molecule has 1 aromatic carbocycles. The normalized spacial score (nSPS) is 17.1. The van der Waals surface area contributed by atoms with Crippen LogP contribution in [0.5, 0.6) is 5.75 Å². The summed E-state index contributed by atoms with van der Waals surface area (Å²) in [4.78, 5) is 1.63. The van der Waals surface area contributed by atoms with Crippen molar-refractivity contribution >= 4 is 24.8 Å². The van der Waals surface area contributed by atoms with Crippen LogP contribution in [-0.4, -0.2) is 43.9 Å². The monoisotopic (exact) mass is 382 g/mol. The Morgan fingerprint density at radius 3 is 1.96 bits per heavy atom. The minimum Gasteiger partial charge on any atom is -0.406 e. The molecule has 3 nitrogen and oxygen atoms in total. The van der Waals surface area contributed by atoms with Gasteiger partial charge in [0.05, 0.1) is 6.04 Å². The molecule has 0 amide bonds. The maximum absolute atomic E-state index is 13.3. The van der Waals surface area contributed by atoms with E-state index in [-0.39, 0.29) is 30.4 Å². The van der Waals surface area contributed by atoms with E-state index in [0.29, 0.717) is 26.2 Å². The fourth-order valence-electron chi connectivity index (χ4n) is 2.34. The van der Waals surface area contributed by atoms with E-state index in [9.17, 15) is 22.0 Å². The van der Waals surface area contributed by atoms with Gasteiger partial charge in [-0.1, -0.05) is 12.1 Å². The van der Waals surface area contributed by atoms with Gasteiger partial charge in [0.2, 0.25) is 0 Å².